The molecule has 5 nitrogen and oxygen atoms in total. The number of methoxy groups -OCH3 is 1. The molecule has 104 valence electrons. The number of aromatic carboxylic acids is 1. The van der Waals surface area contributed by atoms with Gasteiger partial charge in [0.05, 0.1) is 12.8 Å². The van der Waals surface area contributed by atoms with Crippen molar-refractivity contribution in [2.75, 3.05) is 12.4 Å². The maximum absolute atomic E-state index is 13.7. The van der Waals surface area contributed by atoms with E-state index in [1.165, 1.54) is 30.7 Å². The van der Waals surface area contributed by atoms with Crippen LogP contribution in [-0.2, 0) is 0 Å². The summed E-state index contributed by atoms with van der Waals surface area (Å²) in [7, 11) is 1.32. The topological polar surface area (TPSA) is 75.6 Å². The van der Waals surface area contributed by atoms with Crippen LogP contribution in [0, 0.1) is 5.82 Å². The molecular weight excluding hydrogens is 285 g/mol. The molecule has 0 aliphatic heterocycles. The Morgan fingerprint density at radius 2 is 2.10 bits per heavy atom. The van der Waals surface area contributed by atoms with Crippen LogP contribution >= 0.6 is 11.3 Å². The molecule has 0 fully saturated rings. The lowest BCUT2D eigenvalue weighted by Crippen LogP contribution is -2.16. The van der Waals surface area contributed by atoms with Crippen molar-refractivity contribution in [2.24, 2.45) is 0 Å². The number of carbonyl (C=O) groups is 2. The smallest absolute Gasteiger partial charge is 0.348 e. The summed E-state index contributed by atoms with van der Waals surface area (Å²) < 4.78 is 18.7. The zero-order valence-corrected chi connectivity index (χ0v) is 11.2. The number of anilines is 1. The van der Waals surface area contributed by atoms with Crippen LogP contribution < -0.4 is 10.1 Å². The number of amides is 1. The molecular formula is C13H10FNO4S. The van der Waals surface area contributed by atoms with Crippen LogP contribution in [0.25, 0.3) is 0 Å². The number of carboxylic acid groups (broad SMARTS) is 1. The largest absolute Gasteiger partial charge is 0.496 e. The molecule has 1 heterocycles. The summed E-state index contributed by atoms with van der Waals surface area (Å²) in [5, 5.41) is 12.9. The maximum Gasteiger partial charge on any atom is 0.348 e. The molecule has 0 atom stereocenters. The van der Waals surface area contributed by atoms with Crippen LogP contribution in [-0.4, -0.2) is 24.1 Å². The second kappa shape index (κ2) is 5.70. The number of benzene rings is 1. The minimum Gasteiger partial charge on any atom is -0.496 e. The highest BCUT2D eigenvalue weighted by atomic mass is 32.1. The van der Waals surface area contributed by atoms with Gasteiger partial charge < -0.3 is 15.2 Å². The zero-order valence-electron chi connectivity index (χ0n) is 10.3. The fourth-order valence-corrected chi connectivity index (χ4v) is 2.34. The molecule has 1 amide bonds. The van der Waals surface area contributed by atoms with Crippen LogP contribution in [0.3, 0.4) is 0 Å². The molecule has 0 aliphatic carbocycles. The molecule has 0 unspecified atom stereocenters. The highest BCUT2D eigenvalue weighted by Crippen LogP contribution is 2.26. The van der Waals surface area contributed by atoms with Gasteiger partial charge in [-0.1, -0.05) is 6.07 Å². The van der Waals surface area contributed by atoms with E-state index in [1.54, 1.807) is 0 Å². The van der Waals surface area contributed by atoms with E-state index in [9.17, 15) is 14.0 Å². The number of hydrogen-bond acceptors (Lipinski definition) is 4. The van der Waals surface area contributed by atoms with E-state index in [1.807, 2.05) is 0 Å². The first-order valence-electron chi connectivity index (χ1n) is 5.49. The molecule has 0 radical (unpaired) electrons. The van der Waals surface area contributed by atoms with Crippen molar-refractivity contribution in [3.05, 3.63) is 45.9 Å². The summed E-state index contributed by atoms with van der Waals surface area (Å²) in [6, 6.07) is 5.43. The molecule has 0 bridgehead atoms. The minimum absolute atomic E-state index is 0.0198. The maximum atomic E-state index is 13.7. The van der Waals surface area contributed by atoms with E-state index < -0.39 is 17.7 Å². The Bertz CT molecular complexity index is 668. The van der Waals surface area contributed by atoms with E-state index in [2.05, 4.69) is 5.32 Å². The van der Waals surface area contributed by atoms with Crippen LogP contribution in [0.1, 0.15) is 20.0 Å². The van der Waals surface area contributed by atoms with Crippen molar-refractivity contribution in [2.45, 2.75) is 0 Å². The Morgan fingerprint density at radius 3 is 2.75 bits per heavy atom. The monoisotopic (exact) mass is 295 g/mol. The average molecular weight is 295 g/mol. The second-order valence-electron chi connectivity index (χ2n) is 3.74. The standard InChI is InChI=1S/C13H10FNO4S/c1-19-9-4-2-3-7(14)10(9)12(16)15-8-5-6-20-11(8)13(17)18/h2-6H,1H3,(H,15,16)(H,17,18). The molecule has 2 rings (SSSR count). The first kappa shape index (κ1) is 14.0. The Labute approximate surface area is 117 Å². The number of carboxylic acids is 1. The van der Waals surface area contributed by atoms with Crippen LogP contribution in [0.5, 0.6) is 5.75 Å². The average Bonchev–Trinajstić information content (AvgIpc) is 2.86. The molecule has 0 saturated carbocycles. The van der Waals surface area contributed by atoms with Crippen molar-refractivity contribution in [1.82, 2.24) is 0 Å². The minimum atomic E-state index is -1.16. The summed E-state index contributed by atoms with van der Waals surface area (Å²) in [5.74, 6) is -2.58. The predicted molar refractivity (Wildman–Crippen MR) is 72.2 cm³/mol. The summed E-state index contributed by atoms with van der Waals surface area (Å²) >= 11 is 0.970. The lowest BCUT2D eigenvalue weighted by atomic mass is 10.1. The fourth-order valence-electron chi connectivity index (χ4n) is 1.65. The van der Waals surface area contributed by atoms with Gasteiger partial charge in [0.1, 0.15) is 22.0 Å². The van der Waals surface area contributed by atoms with E-state index in [4.69, 9.17) is 9.84 Å². The van der Waals surface area contributed by atoms with Gasteiger partial charge in [0.15, 0.2) is 0 Å². The summed E-state index contributed by atoms with van der Waals surface area (Å²) in [6.45, 7) is 0. The first-order valence-corrected chi connectivity index (χ1v) is 6.37. The van der Waals surface area contributed by atoms with Crippen LogP contribution in [0.15, 0.2) is 29.6 Å². The molecule has 0 aliphatic rings. The number of ether oxygens (including phenoxy) is 1. The molecule has 1 aromatic heterocycles. The van der Waals surface area contributed by atoms with Gasteiger partial charge in [-0.25, -0.2) is 9.18 Å². The Morgan fingerprint density at radius 1 is 1.35 bits per heavy atom. The third-order valence-electron chi connectivity index (χ3n) is 2.53. The van der Waals surface area contributed by atoms with Gasteiger partial charge in [-0.05, 0) is 23.6 Å². The van der Waals surface area contributed by atoms with Gasteiger partial charge in [-0.15, -0.1) is 11.3 Å². The molecule has 0 saturated heterocycles. The van der Waals surface area contributed by atoms with Gasteiger partial charge in [0.2, 0.25) is 0 Å². The molecule has 0 spiro atoms. The molecule has 2 aromatic rings. The van der Waals surface area contributed by atoms with Gasteiger partial charge in [0.25, 0.3) is 5.91 Å². The zero-order chi connectivity index (χ0) is 14.7. The van der Waals surface area contributed by atoms with Crippen molar-refractivity contribution >= 4 is 28.9 Å². The third kappa shape index (κ3) is 2.62. The number of thiophene rings is 1. The van der Waals surface area contributed by atoms with Gasteiger partial charge in [0, 0.05) is 0 Å². The summed E-state index contributed by atoms with van der Waals surface area (Å²) in [4.78, 5) is 23.0. The number of carbonyl (C=O) groups excluding carboxylic acids is 1. The summed E-state index contributed by atoms with van der Waals surface area (Å²) in [5.41, 5.74) is -0.143. The van der Waals surface area contributed by atoms with Crippen molar-refractivity contribution in [3.63, 3.8) is 0 Å². The second-order valence-corrected chi connectivity index (χ2v) is 4.66. The summed E-state index contributed by atoms with van der Waals surface area (Å²) in [6.07, 6.45) is 0. The molecule has 1 aromatic carbocycles. The normalized spacial score (nSPS) is 10.1. The molecule has 20 heavy (non-hydrogen) atoms. The Balaban J connectivity index is 2.33. The Hall–Kier alpha value is -2.41. The van der Waals surface area contributed by atoms with E-state index >= 15 is 0 Å². The van der Waals surface area contributed by atoms with Gasteiger partial charge >= 0.3 is 5.97 Å². The van der Waals surface area contributed by atoms with E-state index in [0.29, 0.717) is 0 Å². The molecule has 2 N–H and O–H groups in total. The first-order chi connectivity index (χ1) is 9.54. The van der Waals surface area contributed by atoms with E-state index in [-0.39, 0.29) is 21.9 Å². The number of rotatable bonds is 4. The SMILES string of the molecule is COc1cccc(F)c1C(=O)Nc1ccsc1C(=O)O. The Kier molecular flexibility index (Phi) is 3.99. The van der Waals surface area contributed by atoms with Gasteiger partial charge in [-0.2, -0.15) is 0 Å². The van der Waals surface area contributed by atoms with Crippen molar-refractivity contribution in [3.8, 4) is 5.75 Å². The highest BCUT2D eigenvalue weighted by Gasteiger charge is 2.20. The predicted octanol–water partition coefficient (Wildman–Crippen LogP) is 2.85. The van der Waals surface area contributed by atoms with Crippen molar-refractivity contribution in [1.29, 1.82) is 0 Å². The fraction of sp³-hybridized carbons (Fsp3) is 0.0769. The van der Waals surface area contributed by atoms with E-state index in [0.717, 1.165) is 17.4 Å². The number of halogens is 1. The van der Waals surface area contributed by atoms with Crippen LogP contribution in [0.2, 0.25) is 0 Å². The highest BCUT2D eigenvalue weighted by molar-refractivity contribution is 7.12. The number of hydrogen-bond donors (Lipinski definition) is 2. The molecule has 7 heteroatoms. The quantitative estimate of drug-likeness (QED) is 0.909. The van der Waals surface area contributed by atoms with Crippen LogP contribution in [0.4, 0.5) is 10.1 Å². The third-order valence-corrected chi connectivity index (χ3v) is 3.43. The van der Waals surface area contributed by atoms with Crippen molar-refractivity contribution < 1.29 is 23.8 Å². The van der Waals surface area contributed by atoms with Gasteiger partial charge in [-0.3, -0.25) is 4.79 Å². The lowest BCUT2D eigenvalue weighted by molar-refractivity contribution is 0.0703. The lowest BCUT2D eigenvalue weighted by Gasteiger charge is -2.09. The number of nitrogens with one attached hydrogen (secondary N) is 1.